The topological polar surface area (TPSA) is 101 Å². The molecule has 1 aliphatic heterocycles. The normalized spacial score (nSPS) is 19.9. The van der Waals surface area contributed by atoms with E-state index in [2.05, 4.69) is 15.3 Å². The Labute approximate surface area is 155 Å². The molecule has 0 saturated carbocycles. The molecule has 0 bridgehead atoms. The fourth-order valence-corrected chi connectivity index (χ4v) is 2.96. The summed E-state index contributed by atoms with van der Waals surface area (Å²) in [6.45, 7) is 2.01. The van der Waals surface area contributed by atoms with Crippen molar-refractivity contribution >= 4 is 34.9 Å². The molecule has 7 nitrogen and oxygen atoms in total. The highest BCUT2D eigenvalue weighted by Gasteiger charge is 2.40. The number of hydrogen-bond acceptors (Lipinski definition) is 5. The molecule has 3 N–H and O–H groups in total. The Hall–Kier alpha value is -2.93. The Morgan fingerprint density at radius 1 is 1.35 bits per heavy atom. The van der Waals surface area contributed by atoms with E-state index >= 15 is 0 Å². The zero-order chi connectivity index (χ0) is 18.9. The highest BCUT2D eigenvalue weighted by molar-refractivity contribution is 6.30. The maximum atomic E-state index is 12.6. The lowest BCUT2D eigenvalue weighted by molar-refractivity contribution is -0.135. The number of carbonyl (C=O) groups excluding carboxylic acids is 2. The van der Waals surface area contributed by atoms with E-state index in [-0.39, 0.29) is 17.5 Å². The first-order valence-electron chi connectivity index (χ1n) is 7.93. The van der Waals surface area contributed by atoms with Crippen molar-refractivity contribution in [1.82, 2.24) is 9.88 Å². The van der Waals surface area contributed by atoms with Gasteiger partial charge in [-0.3, -0.25) is 9.59 Å². The lowest BCUT2D eigenvalue weighted by Gasteiger charge is -2.34. The zero-order valence-electron chi connectivity index (χ0n) is 14.4. The Bertz CT molecular complexity index is 897. The van der Waals surface area contributed by atoms with E-state index in [0.717, 1.165) is 0 Å². The molecule has 0 spiro atoms. The van der Waals surface area contributed by atoms with E-state index in [0.29, 0.717) is 28.7 Å². The predicted molar refractivity (Wildman–Crippen MR) is 100 cm³/mol. The van der Waals surface area contributed by atoms with E-state index < -0.39 is 5.54 Å². The standard InChI is InChI=1S/C18H18ClN5O2/c1-18(17(26)24(2)10-15(20)23-18)11-4-3-5-13(8-11)22-16(25)14-7-6-12(19)9-21-14/h3-9H,10H2,1-2H3,(H2,20,23)(H,22,25). The number of likely N-dealkylation sites (N-methyl/N-ethyl adjacent to an activating group) is 1. The molecule has 0 aliphatic carbocycles. The number of nitrogens with one attached hydrogen (secondary N) is 1. The average Bonchev–Trinajstić information content (AvgIpc) is 2.60. The summed E-state index contributed by atoms with van der Waals surface area (Å²) >= 11 is 5.78. The molecule has 1 aliphatic rings. The van der Waals surface area contributed by atoms with Crippen LogP contribution in [0.25, 0.3) is 0 Å². The summed E-state index contributed by atoms with van der Waals surface area (Å²) in [6, 6.07) is 10.1. The van der Waals surface area contributed by atoms with Crippen LogP contribution in [0.2, 0.25) is 5.02 Å². The van der Waals surface area contributed by atoms with Gasteiger partial charge in [0.2, 0.25) is 0 Å². The van der Waals surface area contributed by atoms with Crippen LogP contribution < -0.4 is 11.1 Å². The second-order valence-electron chi connectivity index (χ2n) is 6.23. The number of benzene rings is 1. The van der Waals surface area contributed by atoms with Gasteiger partial charge in [0, 0.05) is 18.9 Å². The maximum Gasteiger partial charge on any atom is 0.274 e. The Balaban J connectivity index is 1.89. The van der Waals surface area contributed by atoms with E-state index in [1.807, 2.05) is 0 Å². The van der Waals surface area contributed by atoms with Crippen LogP contribution in [0.4, 0.5) is 5.69 Å². The van der Waals surface area contributed by atoms with Crippen LogP contribution in [-0.4, -0.2) is 41.1 Å². The van der Waals surface area contributed by atoms with Gasteiger partial charge in [0.15, 0.2) is 5.54 Å². The van der Waals surface area contributed by atoms with Crippen LogP contribution in [0, 0.1) is 0 Å². The van der Waals surface area contributed by atoms with Crippen LogP contribution in [-0.2, 0) is 10.3 Å². The summed E-state index contributed by atoms with van der Waals surface area (Å²) in [5.74, 6) is -0.150. The molecule has 3 rings (SSSR count). The predicted octanol–water partition coefficient (Wildman–Crippen LogP) is 2.03. The van der Waals surface area contributed by atoms with Crippen molar-refractivity contribution in [3.05, 3.63) is 58.9 Å². The number of carbonyl (C=O) groups is 2. The molecule has 1 aromatic carbocycles. The molecule has 1 atom stereocenters. The van der Waals surface area contributed by atoms with Crippen molar-refractivity contribution in [3.63, 3.8) is 0 Å². The van der Waals surface area contributed by atoms with Crippen molar-refractivity contribution in [2.24, 2.45) is 10.7 Å². The van der Waals surface area contributed by atoms with Crippen molar-refractivity contribution < 1.29 is 9.59 Å². The quantitative estimate of drug-likeness (QED) is 0.861. The number of amidine groups is 1. The number of halogens is 1. The van der Waals surface area contributed by atoms with E-state index in [1.165, 1.54) is 17.2 Å². The first kappa shape index (κ1) is 17.9. The van der Waals surface area contributed by atoms with Crippen LogP contribution in [0.3, 0.4) is 0 Å². The van der Waals surface area contributed by atoms with Crippen molar-refractivity contribution in [3.8, 4) is 0 Å². The number of nitrogens with zero attached hydrogens (tertiary/aromatic N) is 3. The number of rotatable bonds is 3. The number of aliphatic imine (C=N–C) groups is 1. The monoisotopic (exact) mass is 371 g/mol. The molecule has 8 heteroatoms. The number of hydrogen-bond donors (Lipinski definition) is 2. The van der Waals surface area contributed by atoms with Crippen LogP contribution in [0.1, 0.15) is 23.0 Å². The minimum Gasteiger partial charge on any atom is -0.386 e. The van der Waals surface area contributed by atoms with E-state index in [9.17, 15) is 9.59 Å². The molecule has 1 aromatic heterocycles. The van der Waals surface area contributed by atoms with Crippen molar-refractivity contribution in [2.75, 3.05) is 18.9 Å². The fourth-order valence-electron chi connectivity index (χ4n) is 2.85. The summed E-state index contributed by atoms with van der Waals surface area (Å²) in [6.07, 6.45) is 1.40. The third-order valence-electron chi connectivity index (χ3n) is 4.17. The molecular formula is C18H18ClN5O2. The minimum atomic E-state index is -1.13. The molecular weight excluding hydrogens is 354 g/mol. The maximum absolute atomic E-state index is 12.6. The van der Waals surface area contributed by atoms with Gasteiger partial charge in [0.1, 0.15) is 11.5 Å². The Morgan fingerprint density at radius 3 is 2.81 bits per heavy atom. The molecule has 0 radical (unpaired) electrons. The largest absolute Gasteiger partial charge is 0.386 e. The molecule has 26 heavy (non-hydrogen) atoms. The molecule has 0 fully saturated rings. The van der Waals surface area contributed by atoms with Crippen molar-refractivity contribution in [1.29, 1.82) is 0 Å². The van der Waals surface area contributed by atoms with Crippen LogP contribution in [0.15, 0.2) is 47.6 Å². The van der Waals surface area contributed by atoms with Crippen LogP contribution in [0.5, 0.6) is 0 Å². The molecule has 2 heterocycles. The summed E-state index contributed by atoms with van der Waals surface area (Å²) in [7, 11) is 1.68. The fraction of sp³-hybridized carbons (Fsp3) is 0.222. The smallest absolute Gasteiger partial charge is 0.274 e. The summed E-state index contributed by atoms with van der Waals surface area (Å²) in [5, 5.41) is 3.21. The average molecular weight is 372 g/mol. The third-order valence-corrected chi connectivity index (χ3v) is 4.40. The van der Waals surface area contributed by atoms with E-state index in [1.54, 1.807) is 44.3 Å². The Morgan fingerprint density at radius 2 is 2.12 bits per heavy atom. The summed E-state index contributed by atoms with van der Waals surface area (Å²) in [5.41, 5.74) is 6.15. The third kappa shape index (κ3) is 3.39. The summed E-state index contributed by atoms with van der Waals surface area (Å²) < 4.78 is 0. The number of nitrogens with two attached hydrogens (primary N) is 1. The van der Waals surface area contributed by atoms with E-state index in [4.69, 9.17) is 17.3 Å². The van der Waals surface area contributed by atoms with Crippen LogP contribution >= 0.6 is 11.6 Å². The van der Waals surface area contributed by atoms with Gasteiger partial charge < -0.3 is 16.0 Å². The lowest BCUT2D eigenvalue weighted by atomic mass is 9.89. The van der Waals surface area contributed by atoms with Gasteiger partial charge >= 0.3 is 0 Å². The molecule has 134 valence electrons. The summed E-state index contributed by atoms with van der Waals surface area (Å²) in [4.78, 5) is 34.8. The number of pyridine rings is 1. The zero-order valence-corrected chi connectivity index (χ0v) is 15.1. The second-order valence-corrected chi connectivity index (χ2v) is 6.67. The van der Waals surface area contributed by atoms with Gasteiger partial charge in [0.25, 0.3) is 11.8 Å². The Kier molecular flexibility index (Phi) is 4.65. The van der Waals surface area contributed by atoms with Gasteiger partial charge in [0.05, 0.1) is 11.6 Å². The number of amides is 2. The lowest BCUT2D eigenvalue weighted by Crippen LogP contribution is -2.51. The number of aromatic nitrogens is 1. The first-order chi connectivity index (χ1) is 12.3. The highest BCUT2D eigenvalue weighted by atomic mass is 35.5. The van der Waals surface area contributed by atoms with Gasteiger partial charge in [-0.2, -0.15) is 0 Å². The minimum absolute atomic E-state index is 0.158. The van der Waals surface area contributed by atoms with Gasteiger partial charge in [-0.05, 0) is 36.8 Å². The second kappa shape index (κ2) is 6.76. The van der Waals surface area contributed by atoms with Crippen molar-refractivity contribution in [2.45, 2.75) is 12.5 Å². The molecule has 2 amide bonds. The first-order valence-corrected chi connectivity index (χ1v) is 8.30. The van der Waals surface area contributed by atoms with Gasteiger partial charge in [-0.1, -0.05) is 23.7 Å². The van der Waals surface area contributed by atoms with Gasteiger partial charge in [-0.15, -0.1) is 0 Å². The molecule has 0 saturated heterocycles. The van der Waals surface area contributed by atoms with Gasteiger partial charge in [-0.25, -0.2) is 9.98 Å². The number of anilines is 1. The molecule has 1 unspecified atom stereocenters. The molecule has 2 aromatic rings. The highest BCUT2D eigenvalue weighted by Crippen LogP contribution is 2.31. The SMILES string of the molecule is CN1CC(N)=NC(C)(c2cccc(NC(=O)c3ccc(Cl)cn3)c2)C1=O.